The number of imide groups is 2. The number of phenolic OH excluding ortho intramolecular Hbond substituents is 1. The summed E-state index contributed by atoms with van der Waals surface area (Å²) in [4.78, 5) is 81.0. The van der Waals surface area contributed by atoms with Crippen LogP contribution < -0.4 is 20.3 Å². The normalized spacial score (nSPS) is 23.4. The summed E-state index contributed by atoms with van der Waals surface area (Å²) in [6.45, 7) is 8.19. The molecule has 5 saturated heterocycles. The van der Waals surface area contributed by atoms with E-state index in [0.717, 1.165) is 61.1 Å². The minimum Gasteiger partial charge on any atom is -0.508 e. The molecule has 6 aliphatic heterocycles. The number of piperazine rings is 1. The van der Waals surface area contributed by atoms with Gasteiger partial charge in [0.15, 0.2) is 5.82 Å². The first-order valence-corrected chi connectivity index (χ1v) is 24.6. The lowest BCUT2D eigenvalue weighted by Crippen LogP contribution is -2.54. The van der Waals surface area contributed by atoms with Crippen molar-refractivity contribution in [2.75, 3.05) is 58.4 Å². The van der Waals surface area contributed by atoms with E-state index in [-0.39, 0.29) is 95.1 Å². The Morgan fingerprint density at radius 3 is 2.52 bits per heavy atom. The van der Waals surface area contributed by atoms with Crippen molar-refractivity contribution in [3.05, 3.63) is 94.7 Å². The van der Waals surface area contributed by atoms with E-state index in [4.69, 9.17) is 20.9 Å². The van der Waals surface area contributed by atoms with Crippen LogP contribution in [-0.2, 0) is 25.5 Å². The third-order valence-electron chi connectivity index (χ3n) is 15.0. The van der Waals surface area contributed by atoms with Crippen molar-refractivity contribution in [3.63, 3.8) is 0 Å². The molecule has 19 heteroatoms. The van der Waals surface area contributed by atoms with E-state index in [9.17, 15) is 33.5 Å². The molecular weight excluding hydrogens is 941 g/mol. The fourth-order valence-electron chi connectivity index (χ4n) is 11.6. The van der Waals surface area contributed by atoms with Gasteiger partial charge in [-0.1, -0.05) is 30.2 Å². The zero-order valence-electron chi connectivity index (χ0n) is 40.6. The quantitative estimate of drug-likeness (QED) is 0.0613. The number of nitrogens with one attached hydrogen (secondary N) is 2. The number of fused-ring (bicyclic) bond motifs is 6. The summed E-state index contributed by atoms with van der Waals surface area (Å²) in [5.74, 6) is -0.524. The van der Waals surface area contributed by atoms with Crippen molar-refractivity contribution in [1.29, 1.82) is 0 Å². The van der Waals surface area contributed by atoms with Crippen LogP contribution in [0.5, 0.6) is 11.8 Å². The van der Waals surface area contributed by atoms with Crippen LogP contribution in [0.2, 0.25) is 0 Å². The number of anilines is 1. The highest BCUT2D eigenvalue weighted by Gasteiger charge is 2.51. The summed E-state index contributed by atoms with van der Waals surface area (Å²) < 4.78 is 43.3. The van der Waals surface area contributed by atoms with Gasteiger partial charge in [0.1, 0.15) is 47.9 Å². The molecule has 73 heavy (non-hydrogen) atoms. The number of phenols is 1. The Hall–Kier alpha value is -7.40. The molecule has 6 aliphatic rings. The molecule has 4 amide bonds. The van der Waals surface area contributed by atoms with E-state index < -0.39 is 35.4 Å². The lowest BCUT2D eigenvalue weighted by Gasteiger charge is -2.35. The molecule has 2 bridgehead atoms. The highest BCUT2D eigenvalue weighted by Crippen LogP contribution is 2.45. The topological polar surface area (TPSA) is 200 Å². The number of nitrogens with zero attached hydrogens (tertiary/aromatic N) is 7. The minimum atomic E-state index is -0.915. The second-order valence-corrected chi connectivity index (χ2v) is 20.1. The summed E-state index contributed by atoms with van der Waals surface area (Å²) in [6, 6.07) is 10.5. The van der Waals surface area contributed by atoms with Gasteiger partial charge >= 0.3 is 6.01 Å². The summed E-state index contributed by atoms with van der Waals surface area (Å²) in [5, 5.41) is 17.5. The number of aromatic hydroxyl groups is 1. The second-order valence-electron chi connectivity index (χ2n) is 20.1. The van der Waals surface area contributed by atoms with Gasteiger partial charge in [0.2, 0.25) is 11.8 Å². The molecule has 0 aliphatic carbocycles. The predicted molar refractivity (Wildman–Crippen MR) is 266 cm³/mol. The van der Waals surface area contributed by atoms with Gasteiger partial charge in [-0.2, -0.15) is 9.97 Å². The number of carbonyl (C=O) groups is 5. The number of benzene rings is 3. The maximum Gasteiger partial charge on any atom is 0.319 e. The Kier molecular flexibility index (Phi) is 13.4. The van der Waals surface area contributed by atoms with Crippen molar-refractivity contribution in [2.45, 2.75) is 87.5 Å². The van der Waals surface area contributed by atoms with Crippen molar-refractivity contribution >= 4 is 57.6 Å². The van der Waals surface area contributed by atoms with Crippen LogP contribution in [0.4, 0.5) is 14.6 Å². The molecule has 5 unspecified atom stereocenters. The van der Waals surface area contributed by atoms with Crippen LogP contribution in [0.1, 0.15) is 83.2 Å². The Labute approximate surface area is 419 Å². The molecule has 17 nitrogen and oxygen atoms in total. The third-order valence-corrected chi connectivity index (χ3v) is 15.0. The molecule has 3 aromatic carbocycles. The molecular formula is C54H55F2N9O8. The van der Waals surface area contributed by atoms with E-state index in [1.165, 1.54) is 30.5 Å². The molecule has 8 heterocycles. The third kappa shape index (κ3) is 9.34. The van der Waals surface area contributed by atoms with Crippen LogP contribution in [0.15, 0.2) is 60.8 Å². The van der Waals surface area contributed by atoms with Crippen LogP contribution in [0.25, 0.3) is 32.9 Å². The first-order valence-electron chi connectivity index (χ1n) is 24.6. The van der Waals surface area contributed by atoms with Gasteiger partial charge in [0.25, 0.3) is 18.3 Å². The van der Waals surface area contributed by atoms with Gasteiger partial charge in [-0.3, -0.25) is 44.1 Å². The second kappa shape index (κ2) is 19.9. The summed E-state index contributed by atoms with van der Waals surface area (Å²) in [7, 11) is 4.01. The number of amides is 4. The maximum atomic E-state index is 16.9. The SMILES string of the molecule is C#Cc1c(F)ccc2cc(O)cc(-c3ncc4c(N5CC6CCC(C5)N6)nc(OCC56CCC(COC=O)N5CC(=C)C6)nc4c3F)c12.CN(C)CCCc1ccc2c(c1)C(=O)N(C1CCC(=O)NC1=O)C2=O. The van der Waals surface area contributed by atoms with E-state index in [1.54, 1.807) is 12.1 Å². The molecule has 0 radical (unpaired) electrons. The molecule has 2 aromatic heterocycles. The molecule has 5 fully saturated rings. The number of hydrogen-bond donors (Lipinski definition) is 3. The molecule has 11 rings (SSSR count). The van der Waals surface area contributed by atoms with E-state index in [2.05, 4.69) is 47.8 Å². The van der Waals surface area contributed by atoms with Gasteiger partial charge < -0.3 is 29.7 Å². The zero-order chi connectivity index (χ0) is 51.3. The molecule has 5 atom stereocenters. The fraction of sp³-hybridized carbons (Fsp3) is 0.407. The number of aryl methyl sites for hydroxylation is 1. The molecule has 5 aromatic rings. The van der Waals surface area contributed by atoms with Gasteiger partial charge in [-0.15, -0.1) is 6.42 Å². The molecule has 3 N–H and O–H groups in total. The lowest BCUT2D eigenvalue weighted by molar-refractivity contribution is -0.136. The largest absolute Gasteiger partial charge is 0.508 e. The first kappa shape index (κ1) is 49.2. The predicted octanol–water partition coefficient (Wildman–Crippen LogP) is 5.05. The number of aromatic nitrogens is 3. The lowest BCUT2D eigenvalue weighted by atomic mass is 9.94. The van der Waals surface area contributed by atoms with Crippen LogP contribution in [-0.4, -0.2) is 148 Å². The molecule has 0 saturated carbocycles. The summed E-state index contributed by atoms with van der Waals surface area (Å²) in [5.41, 5.74) is 2.31. The smallest absolute Gasteiger partial charge is 0.319 e. The number of halogens is 2. The average Bonchev–Trinajstić information content (AvgIpc) is 4.07. The van der Waals surface area contributed by atoms with E-state index in [0.29, 0.717) is 60.2 Å². The number of pyridine rings is 1. The standard InChI is InChI=1S/C36H34F2N6O4.C18H21N3O4/c1-3-26-29(37)7-4-21-10-25(46)11-27(30(21)26)32-31(38)33-28(13-39-32)34(43-15-22-5-6-23(16-43)40-22)42-35(41-33)48-18-36-9-8-24(17-47-19-45)44(36)14-20(2)12-36;1-20(2)9-3-4-11-5-6-12-13(10-11)18(25)21(17(12)24)14-7-8-15(22)19-16(14)23/h1,4,7,10-11,13,19,22-24,40,46H,2,5-6,8-9,12,14-18H2;5-6,10,14H,3-4,7-9H2,1-2H3,(H,19,22,23). The number of rotatable bonds is 13. The van der Waals surface area contributed by atoms with Gasteiger partial charge in [-0.05, 0) is 113 Å². The van der Waals surface area contributed by atoms with E-state index >= 15 is 4.39 Å². The Morgan fingerprint density at radius 1 is 1.00 bits per heavy atom. The monoisotopic (exact) mass is 995 g/mol. The zero-order valence-corrected chi connectivity index (χ0v) is 40.6. The minimum absolute atomic E-state index is 0.00472. The average molecular weight is 996 g/mol. The highest BCUT2D eigenvalue weighted by atomic mass is 19.1. The fourth-order valence-corrected chi connectivity index (χ4v) is 11.6. The number of carbonyl (C=O) groups excluding carboxylic acids is 5. The van der Waals surface area contributed by atoms with Crippen molar-refractivity contribution in [3.8, 4) is 35.4 Å². The van der Waals surface area contributed by atoms with Crippen molar-refractivity contribution in [2.24, 2.45) is 0 Å². The number of ether oxygens (including phenoxy) is 2. The Balaban J connectivity index is 0.000000206. The number of terminal acetylenes is 1. The summed E-state index contributed by atoms with van der Waals surface area (Å²) >= 11 is 0. The van der Waals surface area contributed by atoms with E-state index in [1.807, 2.05) is 20.2 Å². The van der Waals surface area contributed by atoms with Crippen LogP contribution in [0.3, 0.4) is 0 Å². The van der Waals surface area contributed by atoms with Crippen molar-refractivity contribution < 1.29 is 47.3 Å². The highest BCUT2D eigenvalue weighted by molar-refractivity contribution is 6.23. The number of piperidine rings is 1. The van der Waals surface area contributed by atoms with Crippen LogP contribution >= 0.6 is 0 Å². The molecule has 378 valence electrons. The maximum absolute atomic E-state index is 16.9. The first-order chi connectivity index (χ1) is 35.1. The van der Waals surface area contributed by atoms with Crippen molar-refractivity contribution in [1.82, 2.24) is 40.3 Å². The number of hydrogen-bond acceptors (Lipinski definition) is 15. The Bertz CT molecular complexity index is 3150. The van der Waals surface area contributed by atoms with Gasteiger partial charge in [0.05, 0.1) is 27.6 Å². The van der Waals surface area contributed by atoms with Gasteiger partial charge in [-0.25, -0.2) is 8.78 Å². The summed E-state index contributed by atoms with van der Waals surface area (Å²) in [6.07, 6.45) is 13.7. The molecule has 0 spiro atoms. The Morgan fingerprint density at radius 2 is 1.78 bits per heavy atom. The van der Waals surface area contributed by atoms with Gasteiger partial charge in [0, 0.05) is 61.3 Å². The van der Waals surface area contributed by atoms with Crippen LogP contribution in [0, 0.1) is 24.0 Å².